The number of fused-ring (bicyclic) bond motifs is 1. The van der Waals surface area contributed by atoms with Crippen LogP contribution in [0.4, 0.5) is 5.82 Å². The van der Waals surface area contributed by atoms with Crippen molar-refractivity contribution >= 4 is 5.82 Å². The lowest BCUT2D eigenvalue weighted by molar-refractivity contribution is 0.525. The third-order valence-electron chi connectivity index (χ3n) is 2.80. The molecule has 2 N–H and O–H groups in total. The van der Waals surface area contributed by atoms with Gasteiger partial charge in [-0.1, -0.05) is 0 Å². The zero-order chi connectivity index (χ0) is 11.0. The van der Waals surface area contributed by atoms with Crippen LogP contribution in [0, 0.1) is 0 Å². The first-order chi connectivity index (χ1) is 7.86. The molecule has 0 aliphatic carbocycles. The third-order valence-corrected chi connectivity index (χ3v) is 2.80. The Bertz CT molecular complexity index is 518. The maximum atomic E-state index is 5.79. The summed E-state index contributed by atoms with van der Waals surface area (Å²) in [5.74, 6) is 2.16. The molecule has 0 spiro atoms. The van der Waals surface area contributed by atoms with Gasteiger partial charge in [-0.25, -0.2) is 9.97 Å². The Morgan fingerprint density at radius 1 is 1.12 bits per heavy atom. The molecule has 3 rings (SSSR count). The van der Waals surface area contributed by atoms with Crippen molar-refractivity contribution in [3.05, 3.63) is 18.2 Å². The lowest BCUT2D eigenvalue weighted by atomic mass is 10.1. The van der Waals surface area contributed by atoms with Crippen LogP contribution in [0.2, 0.25) is 0 Å². The highest BCUT2D eigenvalue weighted by Crippen LogP contribution is 2.23. The van der Waals surface area contributed by atoms with Crippen LogP contribution in [0.1, 0.15) is 18.7 Å². The molecule has 3 heterocycles. The summed E-state index contributed by atoms with van der Waals surface area (Å²) in [6.45, 7) is 0.938. The van der Waals surface area contributed by atoms with Crippen LogP contribution in [-0.4, -0.2) is 24.7 Å². The van der Waals surface area contributed by atoms with Crippen LogP contribution in [0.25, 0.3) is 11.5 Å². The Labute approximate surface area is 92.5 Å². The van der Waals surface area contributed by atoms with Gasteiger partial charge in [0.2, 0.25) is 0 Å². The molecule has 0 amide bonds. The van der Waals surface area contributed by atoms with Gasteiger partial charge in [-0.3, -0.25) is 0 Å². The third kappa shape index (κ3) is 1.34. The Kier molecular flexibility index (Phi) is 2.05. The molecular formula is C10H12N6. The molecule has 0 bridgehead atoms. The van der Waals surface area contributed by atoms with Gasteiger partial charge in [-0.15, -0.1) is 10.2 Å². The lowest BCUT2D eigenvalue weighted by Crippen LogP contribution is -2.12. The number of hydrogen-bond acceptors (Lipinski definition) is 5. The minimum absolute atomic E-state index is 0.406. The largest absolute Gasteiger partial charge is 0.382 e. The van der Waals surface area contributed by atoms with E-state index in [-0.39, 0.29) is 0 Å². The van der Waals surface area contributed by atoms with Gasteiger partial charge in [-0.2, -0.15) is 0 Å². The SMILES string of the molecule is Nc1nccnc1-c1nnc2n1CCCC2. The molecule has 6 nitrogen and oxygen atoms in total. The van der Waals surface area contributed by atoms with Gasteiger partial charge in [0.15, 0.2) is 11.6 Å². The van der Waals surface area contributed by atoms with E-state index in [0.717, 1.165) is 31.0 Å². The number of nitrogens with zero attached hydrogens (tertiary/aromatic N) is 5. The van der Waals surface area contributed by atoms with Crippen molar-refractivity contribution in [1.29, 1.82) is 0 Å². The lowest BCUT2D eigenvalue weighted by Gasteiger charge is -2.14. The molecule has 0 aromatic carbocycles. The van der Waals surface area contributed by atoms with Gasteiger partial charge in [0.1, 0.15) is 11.5 Å². The minimum atomic E-state index is 0.406. The van der Waals surface area contributed by atoms with Crippen molar-refractivity contribution in [1.82, 2.24) is 24.7 Å². The Hall–Kier alpha value is -1.98. The normalized spacial score (nSPS) is 14.8. The first-order valence-corrected chi connectivity index (χ1v) is 5.35. The van der Waals surface area contributed by atoms with Crippen LogP contribution in [-0.2, 0) is 13.0 Å². The summed E-state index contributed by atoms with van der Waals surface area (Å²) in [6.07, 6.45) is 6.50. The van der Waals surface area contributed by atoms with E-state index in [1.807, 2.05) is 0 Å². The topological polar surface area (TPSA) is 82.5 Å². The van der Waals surface area contributed by atoms with Crippen molar-refractivity contribution in [3.8, 4) is 11.5 Å². The van der Waals surface area contributed by atoms with Crippen molar-refractivity contribution in [2.75, 3.05) is 5.73 Å². The van der Waals surface area contributed by atoms with Gasteiger partial charge >= 0.3 is 0 Å². The second-order valence-electron chi connectivity index (χ2n) is 3.84. The number of aromatic nitrogens is 5. The predicted octanol–water partition coefficient (Wildman–Crippen LogP) is 0.654. The Morgan fingerprint density at radius 2 is 2.00 bits per heavy atom. The van der Waals surface area contributed by atoms with Gasteiger partial charge in [0.05, 0.1) is 0 Å². The number of aryl methyl sites for hydroxylation is 1. The van der Waals surface area contributed by atoms with E-state index in [0.29, 0.717) is 11.5 Å². The molecule has 2 aromatic rings. The maximum absolute atomic E-state index is 5.79. The number of hydrogen-bond donors (Lipinski definition) is 1. The highest BCUT2D eigenvalue weighted by atomic mass is 15.3. The first kappa shape index (κ1) is 9.26. The van der Waals surface area contributed by atoms with E-state index in [4.69, 9.17) is 5.73 Å². The summed E-state index contributed by atoms with van der Waals surface area (Å²) in [4.78, 5) is 8.24. The fraction of sp³-hybridized carbons (Fsp3) is 0.400. The Morgan fingerprint density at radius 3 is 2.88 bits per heavy atom. The van der Waals surface area contributed by atoms with Crippen molar-refractivity contribution < 1.29 is 0 Å². The summed E-state index contributed by atoms with van der Waals surface area (Å²) in [5.41, 5.74) is 6.42. The summed E-state index contributed by atoms with van der Waals surface area (Å²) in [7, 11) is 0. The highest BCUT2D eigenvalue weighted by molar-refractivity contribution is 5.63. The fourth-order valence-electron chi connectivity index (χ4n) is 2.00. The van der Waals surface area contributed by atoms with Gasteiger partial charge in [0, 0.05) is 25.4 Å². The Balaban J connectivity index is 2.13. The molecule has 0 radical (unpaired) electrons. The standard InChI is InChI=1S/C10H12N6/c11-9-8(12-4-5-13-9)10-15-14-7-3-1-2-6-16(7)10/h4-5H,1-3,6H2,(H2,11,13). The molecule has 0 saturated heterocycles. The molecule has 2 aromatic heterocycles. The molecule has 0 unspecified atom stereocenters. The molecule has 16 heavy (non-hydrogen) atoms. The summed E-state index contributed by atoms with van der Waals surface area (Å²) in [5, 5.41) is 8.32. The van der Waals surface area contributed by atoms with Crippen LogP contribution in [0.3, 0.4) is 0 Å². The van der Waals surface area contributed by atoms with Crippen LogP contribution >= 0.6 is 0 Å². The highest BCUT2D eigenvalue weighted by Gasteiger charge is 2.19. The van der Waals surface area contributed by atoms with E-state index in [2.05, 4.69) is 24.7 Å². The number of rotatable bonds is 1. The molecule has 6 heteroatoms. The van der Waals surface area contributed by atoms with Crippen LogP contribution < -0.4 is 5.73 Å². The summed E-state index contributed by atoms with van der Waals surface area (Å²) < 4.78 is 2.09. The molecule has 0 atom stereocenters. The van der Waals surface area contributed by atoms with E-state index >= 15 is 0 Å². The maximum Gasteiger partial charge on any atom is 0.186 e. The molecule has 0 fully saturated rings. The predicted molar refractivity (Wildman–Crippen MR) is 58.4 cm³/mol. The second kappa shape index (κ2) is 3.55. The van der Waals surface area contributed by atoms with Gasteiger partial charge in [0.25, 0.3) is 0 Å². The molecular weight excluding hydrogens is 204 g/mol. The first-order valence-electron chi connectivity index (χ1n) is 5.35. The van der Waals surface area contributed by atoms with E-state index < -0.39 is 0 Å². The monoisotopic (exact) mass is 216 g/mol. The zero-order valence-electron chi connectivity index (χ0n) is 8.80. The average molecular weight is 216 g/mol. The zero-order valence-corrected chi connectivity index (χ0v) is 8.80. The quantitative estimate of drug-likeness (QED) is 0.756. The summed E-state index contributed by atoms with van der Waals surface area (Å²) in [6, 6.07) is 0. The smallest absolute Gasteiger partial charge is 0.186 e. The van der Waals surface area contributed by atoms with Gasteiger partial charge in [-0.05, 0) is 12.8 Å². The number of anilines is 1. The van der Waals surface area contributed by atoms with Gasteiger partial charge < -0.3 is 10.3 Å². The minimum Gasteiger partial charge on any atom is -0.382 e. The van der Waals surface area contributed by atoms with E-state index in [1.54, 1.807) is 12.4 Å². The van der Waals surface area contributed by atoms with Crippen LogP contribution in [0.15, 0.2) is 12.4 Å². The van der Waals surface area contributed by atoms with E-state index in [1.165, 1.54) is 6.42 Å². The molecule has 1 aliphatic heterocycles. The second-order valence-corrected chi connectivity index (χ2v) is 3.84. The van der Waals surface area contributed by atoms with Crippen LogP contribution in [0.5, 0.6) is 0 Å². The average Bonchev–Trinajstić information content (AvgIpc) is 2.74. The fourth-order valence-corrected chi connectivity index (χ4v) is 2.00. The number of nitrogen functional groups attached to an aromatic ring is 1. The summed E-state index contributed by atoms with van der Waals surface area (Å²) >= 11 is 0. The van der Waals surface area contributed by atoms with E-state index in [9.17, 15) is 0 Å². The van der Waals surface area contributed by atoms with Crippen molar-refractivity contribution in [2.24, 2.45) is 0 Å². The van der Waals surface area contributed by atoms with Crippen molar-refractivity contribution in [3.63, 3.8) is 0 Å². The number of nitrogens with two attached hydrogens (primary N) is 1. The molecule has 1 aliphatic rings. The van der Waals surface area contributed by atoms with Crippen molar-refractivity contribution in [2.45, 2.75) is 25.8 Å². The molecule has 82 valence electrons. The molecule has 0 saturated carbocycles.